The van der Waals surface area contributed by atoms with Gasteiger partial charge in [0.15, 0.2) is 0 Å². The average molecular weight is 415 g/mol. The minimum Gasteiger partial charge on any atom is -0.368 e. The molecule has 1 atom stereocenters. The number of rotatable bonds is 5. The number of anilines is 1. The Morgan fingerprint density at radius 3 is 2.55 bits per heavy atom. The van der Waals surface area contributed by atoms with Crippen LogP contribution in [0.15, 0.2) is 35.7 Å². The number of halogens is 1. The van der Waals surface area contributed by atoms with Gasteiger partial charge in [-0.1, -0.05) is 32.9 Å². The van der Waals surface area contributed by atoms with Crippen molar-refractivity contribution in [3.63, 3.8) is 0 Å². The highest BCUT2D eigenvalue weighted by molar-refractivity contribution is 7.10. The van der Waals surface area contributed by atoms with Gasteiger partial charge in [0.2, 0.25) is 5.91 Å². The summed E-state index contributed by atoms with van der Waals surface area (Å²) in [5, 5.41) is 14.5. The van der Waals surface area contributed by atoms with Crippen LogP contribution in [0.3, 0.4) is 0 Å². The zero-order chi connectivity index (χ0) is 21.0. The Hall–Kier alpha value is -2.43. The molecule has 1 N–H and O–H groups in total. The molecule has 154 valence electrons. The van der Waals surface area contributed by atoms with Crippen LogP contribution in [0.25, 0.3) is 0 Å². The van der Waals surface area contributed by atoms with Gasteiger partial charge < -0.3 is 10.2 Å². The number of benzene rings is 1. The van der Waals surface area contributed by atoms with Crippen molar-refractivity contribution < 1.29 is 9.18 Å². The van der Waals surface area contributed by atoms with Crippen LogP contribution >= 0.6 is 11.3 Å². The van der Waals surface area contributed by atoms with Crippen molar-refractivity contribution in [1.82, 2.24) is 10.2 Å². The lowest BCUT2D eigenvalue weighted by Crippen LogP contribution is -2.50. The van der Waals surface area contributed by atoms with Crippen LogP contribution < -0.4 is 10.2 Å². The lowest BCUT2D eigenvalue weighted by atomic mass is 9.85. The molecule has 0 radical (unpaired) electrons. The minimum absolute atomic E-state index is 0.00949. The van der Waals surface area contributed by atoms with Gasteiger partial charge in [0.05, 0.1) is 18.3 Å². The summed E-state index contributed by atoms with van der Waals surface area (Å²) in [6, 6.07) is 10.7. The SMILES string of the molecule is CC(C)(C)C(NC(=O)CN1CCN(c2cccc(F)c2C#N)CC1)c1cccs1. The van der Waals surface area contributed by atoms with E-state index in [1.165, 1.54) is 6.07 Å². The highest BCUT2D eigenvalue weighted by atomic mass is 32.1. The van der Waals surface area contributed by atoms with Gasteiger partial charge in [-0.3, -0.25) is 9.69 Å². The summed E-state index contributed by atoms with van der Waals surface area (Å²) >= 11 is 1.66. The second-order valence-corrected chi connectivity index (χ2v) is 9.37. The number of nitrogens with zero attached hydrogens (tertiary/aromatic N) is 3. The number of carbonyl (C=O) groups is 1. The molecule has 1 unspecified atom stereocenters. The van der Waals surface area contributed by atoms with Gasteiger partial charge in [-0.2, -0.15) is 5.26 Å². The van der Waals surface area contributed by atoms with E-state index in [1.807, 2.05) is 22.4 Å². The highest BCUT2D eigenvalue weighted by Crippen LogP contribution is 2.35. The molecule has 1 aliphatic rings. The van der Waals surface area contributed by atoms with E-state index in [0.29, 0.717) is 38.4 Å². The van der Waals surface area contributed by atoms with Crippen molar-refractivity contribution in [3.05, 3.63) is 52.0 Å². The first-order valence-corrected chi connectivity index (χ1v) is 10.7. The summed E-state index contributed by atoms with van der Waals surface area (Å²) in [5.41, 5.74) is 0.634. The lowest BCUT2D eigenvalue weighted by Gasteiger charge is -2.37. The first-order valence-electron chi connectivity index (χ1n) is 9.78. The number of carbonyl (C=O) groups excluding carboxylic acids is 1. The quantitative estimate of drug-likeness (QED) is 0.809. The molecule has 2 heterocycles. The Morgan fingerprint density at radius 2 is 1.97 bits per heavy atom. The number of nitriles is 1. The number of nitrogens with one attached hydrogen (secondary N) is 1. The van der Waals surface area contributed by atoms with Crippen LogP contribution in [0.4, 0.5) is 10.1 Å². The second-order valence-electron chi connectivity index (χ2n) is 8.39. The zero-order valence-electron chi connectivity index (χ0n) is 17.1. The highest BCUT2D eigenvalue weighted by Gasteiger charge is 2.29. The van der Waals surface area contributed by atoms with Crippen LogP contribution in [0, 0.1) is 22.6 Å². The Balaban J connectivity index is 1.58. The zero-order valence-corrected chi connectivity index (χ0v) is 17.9. The van der Waals surface area contributed by atoms with Gasteiger partial charge in [-0.15, -0.1) is 11.3 Å². The summed E-state index contributed by atoms with van der Waals surface area (Å²) in [4.78, 5) is 18.0. The van der Waals surface area contributed by atoms with E-state index in [1.54, 1.807) is 23.5 Å². The molecule has 1 aliphatic heterocycles. The molecule has 2 aromatic rings. The fourth-order valence-corrected chi connectivity index (χ4v) is 4.63. The van der Waals surface area contributed by atoms with E-state index in [4.69, 9.17) is 0 Å². The van der Waals surface area contributed by atoms with Gasteiger partial charge in [0.1, 0.15) is 17.4 Å². The molecular weight excluding hydrogens is 387 g/mol. The third kappa shape index (κ3) is 5.14. The van der Waals surface area contributed by atoms with Crippen molar-refractivity contribution in [2.45, 2.75) is 26.8 Å². The molecule has 29 heavy (non-hydrogen) atoms. The van der Waals surface area contributed by atoms with Gasteiger partial charge in [0, 0.05) is 31.1 Å². The molecule has 1 amide bonds. The predicted molar refractivity (Wildman–Crippen MR) is 114 cm³/mol. The molecule has 5 nitrogen and oxygen atoms in total. The Kier molecular flexibility index (Phi) is 6.56. The normalized spacial score (nSPS) is 16.3. The number of hydrogen-bond donors (Lipinski definition) is 1. The smallest absolute Gasteiger partial charge is 0.234 e. The number of amides is 1. The summed E-state index contributed by atoms with van der Waals surface area (Å²) < 4.78 is 13.9. The lowest BCUT2D eigenvalue weighted by molar-refractivity contribution is -0.123. The molecular formula is C22H27FN4OS. The predicted octanol–water partition coefficient (Wildman–Crippen LogP) is 3.78. The maximum atomic E-state index is 13.9. The molecule has 0 bridgehead atoms. The van der Waals surface area contributed by atoms with Crippen LogP contribution in [0.1, 0.15) is 37.3 Å². The van der Waals surface area contributed by atoms with Crippen LogP contribution in [-0.2, 0) is 4.79 Å². The van der Waals surface area contributed by atoms with E-state index >= 15 is 0 Å². The molecule has 0 aliphatic carbocycles. The number of hydrogen-bond acceptors (Lipinski definition) is 5. The number of piperazine rings is 1. The molecule has 1 aromatic carbocycles. The fraction of sp³-hybridized carbons (Fsp3) is 0.455. The third-order valence-corrected chi connectivity index (χ3v) is 6.12. The standard InChI is InChI=1S/C22H27FN4OS/c1-22(2,3)21(19-8-5-13-29-19)25-20(28)15-26-9-11-27(12-10-26)18-7-4-6-17(23)16(18)14-24/h4-8,13,21H,9-12,15H2,1-3H3,(H,25,28). The van der Waals surface area contributed by atoms with Crippen LogP contribution in [-0.4, -0.2) is 43.5 Å². The van der Waals surface area contributed by atoms with Crippen molar-refractivity contribution >= 4 is 22.9 Å². The summed E-state index contributed by atoms with van der Waals surface area (Å²) in [5.74, 6) is -0.483. The maximum absolute atomic E-state index is 13.9. The molecule has 7 heteroatoms. The molecule has 0 saturated carbocycles. The first-order chi connectivity index (χ1) is 13.8. The van der Waals surface area contributed by atoms with Crippen LogP contribution in [0.5, 0.6) is 0 Å². The minimum atomic E-state index is -0.492. The maximum Gasteiger partial charge on any atom is 0.234 e. The topological polar surface area (TPSA) is 59.4 Å². The monoisotopic (exact) mass is 414 g/mol. The van der Waals surface area contributed by atoms with Crippen molar-refractivity contribution in [2.75, 3.05) is 37.6 Å². The van der Waals surface area contributed by atoms with Crippen LogP contribution in [0.2, 0.25) is 0 Å². The first kappa shape index (κ1) is 21.3. The second kappa shape index (κ2) is 8.93. The van der Waals surface area contributed by atoms with Crippen molar-refractivity contribution in [1.29, 1.82) is 5.26 Å². The van der Waals surface area contributed by atoms with Gasteiger partial charge in [-0.05, 0) is 29.0 Å². The van der Waals surface area contributed by atoms with E-state index < -0.39 is 5.82 Å². The fourth-order valence-electron chi connectivity index (χ4n) is 3.61. The van der Waals surface area contributed by atoms with Crippen molar-refractivity contribution in [3.8, 4) is 6.07 Å². The molecule has 0 spiro atoms. The van der Waals surface area contributed by atoms with E-state index in [0.717, 1.165) is 4.88 Å². The molecule has 1 aromatic heterocycles. The van der Waals surface area contributed by atoms with E-state index in [9.17, 15) is 14.4 Å². The largest absolute Gasteiger partial charge is 0.368 e. The third-order valence-electron chi connectivity index (χ3n) is 5.18. The van der Waals surface area contributed by atoms with Gasteiger partial charge in [-0.25, -0.2) is 4.39 Å². The summed E-state index contributed by atoms with van der Waals surface area (Å²) in [6.07, 6.45) is 0. The van der Waals surface area contributed by atoms with Gasteiger partial charge >= 0.3 is 0 Å². The Morgan fingerprint density at radius 1 is 1.24 bits per heavy atom. The molecule has 3 rings (SSSR count). The van der Waals surface area contributed by atoms with Crippen molar-refractivity contribution in [2.24, 2.45) is 5.41 Å². The number of thiophene rings is 1. The molecule has 1 fully saturated rings. The average Bonchev–Trinajstić information content (AvgIpc) is 3.20. The van der Waals surface area contributed by atoms with Gasteiger partial charge in [0.25, 0.3) is 0 Å². The Bertz CT molecular complexity index is 877. The van der Waals surface area contributed by atoms with E-state index in [-0.39, 0.29) is 22.9 Å². The Labute approximate surface area is 175 Å². The molecule has 1 saturated heterocycles. The summed E-state index contributed by atoms with van der Waals surface area (Å²) in [7, 11) is 0. The van der Waals surface area contributed by atoms with E-state index in [2.05, 4.69) is 37.1 Å². The summed E-state index contributed by atoms with van der Waals surface area (Å²) in [6.45, 7) is 9.40.